The van der Waals surface area contributed by atoms with E-state index in [-0.39, 0.29) is 18.0 Å². The summed E-state index contributed by atoms with van der Waals surface area (Å²) in [7, 11) is 0. The van der Waals surface area contributed by atoms with E-state index in [9.17, 15) is 4.79 Å². The van der Waals surface area contributed by atoms with Crippen molar-refractivity contribution in [3.8, 4) is 0 Å². The van der Waals surface area contributed by atoms with Crippen molar-refractivity contribution in [2.45, 2.75) is 44.2 Å². The second kappa shape index (κ2) is 7.69. The molecular formula is C24H29N3O. The SMILES string of the molecule is O=C(C1NNC2c3ccccc3CCC12)N1CCC(Cc2ccccc2)CC1. The Morgan fingerprint density at radius 3 is 2.50 bits per heavy atom. The van der Waals surface area contributed by atoms with Gasteiger partial charge in [0, 0.05) is 19.0 Å². The molecule has 2 heterocycles. The van der Waals surface area contributed by atoms with E-state index in [4.69, 9.17) is 0 Å². The number of carbonyl (C=O) groups is 1. The molecule has 2 aromatic rings. The summed E-state index contributed by atoms with van der Waals surface area (Å²) in [6.45, 7) is 1.78. The van der Waals surface area contributed by atoms with Crippen molar-refractivity contribution in [1.29, 1.82) is 0 Å². The van der Waals surface area contributed by atoms with Crippen molar-refractivity contribution >= 4 is 5.91 Å². The summed E-state index contributed by atoms with van der Waals surface area (Å²) in [6, 6.07) is 19.6. The number of hydrogen-bond acceptors (Lipinski definition) is 3. The van der Waals surface area contributed by atoms with Crippen LogP contribution in [0.3, 0.4) is 0 Å². The minimum absolute atomic E-state index is 0.0935. The Hall–Kier alpha value is -2.17. The van der Waals surface area contributed by atoms with Gasteiger partial charge in [-0.25, -0.2) is 10.9 Å². The Kier molecular flexibility index (Phi) is 4.91. The van der Waals surface area contributed by atoms with Gasteiger partial charge in [0.2, 0.25) is 5.91 Å². The van der Waals surface area contributed by atoms with Gasteiger partial charge in [-0.1, -0.05) is 54.6 Å². The molecule has 1 aliphatic carbocycles. The first-order valence-electron chi connectivity index (χ1n) is 10.7. The minimum atomic E-state index is -0.0935. The third kappa shape index (κ3) is 3.36. The number of fused-ring (bicyclic) bond motifs is 3. The Balaban J connectivity index is 1.20. The van der Waals surface area contributed by atoms with Crippen LogP contribution in [0.15, 0.2) is 54.6 Å². The zero-order chi connectivity index (χ0) is 18.9. The molecule has 2 aromatic carbocycles. The molecule has 2 aliphatic heterocycles. The number of rotatable bonds is 3. The van der Waals surface area contributed by atoms with Crippen molar-refractivity contribution in [2.75, 3.05) is 13.1 Å². The zero-order valence-corrected chi connectivity index (χ0v) is 16.3. The maximum atomic E-state index is 13.3. The molecule has 5 rings (SSSR count). The highest BCUT2D eigenvalue weighted by molar-refractivity contribution is 5.83. The van der Waals surface area contributed by atoms with E-state index in [1.165, 1.54) is 16.7 Å². The van der Waals surface area contributed by atoms with Crippen LogP contribution < -0.4 is 10.9 Å². The minimum Gasteiger partial charge on any atom is -0.341 e. The number of nitrogens with zero attached hydrogens (tertiary/aromatic N) is 1. The van der Waals surface area contributed by atoms with E-state index < -0.39 is 0 Å². The van der Waals surface area contributed by atoms with Gasteiger partial charge in [0.1, 0.15) is 6.04 Å². The van der Waals surface area contributed by atoms with Crippen LogP contribution in [-0.2, 0) is 17.6 Å². The second-order valence-corrected chi connectivity index (χ2v) is 8.60. The van der Waals surface area contributed by atoms with E-state index in [1.54, 1.807) is 0 Å². The van der Waals surface area contributed by atoms with E-state index in [0.29, 0.717) is 11.8 Å². The van der Waals surface area contributed by atoms with E-state index in [2.05, 4.69) is 70.3 Å². The molecule has 3 aliphatic rings. The van der Waals surface area contributed by atoms with Gasteiger partial charge in [0.15, 0.2) is 0 Å². The molecular weight excluding hydrogens is 346 g/mol. The molecule has 4 heteroatoms. The highest BCUT2D eigenvalue weighted by Gasteiger charge is 2.44. The molecule has 146 valence electrons. The number of amides is 1. The number of benzene rings is 2. The highest BCUT2D eigenvalue weighted by atomic mass is 16.2. The van der Waals surface area contributed by atoms with Gasteiger partial charge in [-0.15, -0.1) is 0 Å². The number of piperidine rings is 1. The summed E-state index contributed by atoms with van der Waals surface area (Å²) < 4.78 is 0. The normalized spacial score (nSPS) is 27.3. The van der Waals surface area contributed by atoms with E-state index in [1.807, 2.05) is 0 Å². The van der Waals surface area contributed by atoms with Gasteiger partial charge in [-0.2, -0.15) is 0 Å². The Morgan fingerprint density at radius 1 is 0.929 bits per heavy atom. The molecule has 2 saturated heterocycles. The fourth-order valence-electron chi connectivity index (χ4n) is 5.36. The molecule has 2 N–H and O–H groups in total. The van der Waals surface area contributed by atoms with Gasteiger partial charge in [0.05, 0.1) is 6.04 Å². The van der Waals surface area contributed by atoms with Crippen LogP contribution in [0.2, 0.25) is 0 Å². The van der Waals surface area contributed by atoms with Crippen molar-refractivity contribution in [2.24, 2.45) is 11.8 Å². The monoisotopic (exact) mass is 375 g/mol. The van der Waals surface area contributed by atoms with Crippen LogP contribution in [0.5, 0.6) is 0 Å². The fourth-order valence-corrected chi connectivity index (χ4v) is 5.36. The standard InChI is InChI=1S/C24H29N3O/c28-24(27-14-12-18(13-15-27)16-17-6-2-1-3-7-17)23-21-11-10-19-8-4-5-9-20(19)22(21)25-26-23/h1-9,18,21-23,25-26H,10-16H2. The molecule has 4 nitrogen and oxygen atoms in total. The average Bonchev–Trinajstić information content (AvgIpc) is 3.19. The number of nitrogens with one attached hydrogen (secondary N) is 2. The first kappa shape index (κ1) is 17.9. The van der Waals surface area contributed by atoms with Crippen LogP contribution in [0.1, 0.15) is 42.0 Å². The Bertz CT molecular complexity index is 829. The predicted octanol–water partition coefficient (Wildman–Crippen LogP) is 3.25. The third-order valence-corrected chi connectivity index (χ3v) is 6.95. The van der Waals surface area contributed by atoms with Crippen LogP contribution in [0, 0.1) is 11.8 Å². The molecule has 28 heavy (non-hydrogen) atoms. The smallest absolute Gasteiger partial charge is 0.241 e. The Labute approximate surface area is 167 Å². The van der Waals surface area contributed by atoms with Gasteiger partial charge < -0.3 is 4.90 Å². The molecule has 0 aromatic heterocycles. The van der Waals surface area contributed by atoms with Gasteiger partial charge in [-0.05, 0) is 54.7 Å². The Morgan fingerprint density at radius 2 is 1.68 bits per heavy atom. The summed E-state index contributed by atoms with van der Waals surface area (Å²) in [5.74, 6) is 1.33. The summed E-state index contributed by atoms with van der Waals surface area (Å²) in [5.41, 5.74) is 11.0. The van der Waals surface area contributed by atoms with Crippen molar-refractivity contribution in [1.82, 2.24) is 15.8 Å². The lowest BCUT2D eigenvalue weighted by molar-refractivity contribution is -0.135. The van der Waals surface area contributed by atoms with Gasteiger partial charge in [0.25, 0.3) is 0 Å². The molecule has 0 spiro atoms. The maximum absolute atomic E-state index is 13.3. The molecule has 2 fully saturated rings. The largest absolute Gasteiger partial charge is 0.341 e. The van der Waals surface area contributed by atoms with Crippen molar-refractivity contribution < 1.29 is 4.79 Å². The molecule has 0 bridgehead atoms. The quantitative estimate of drug-likeness (QED) is 0.866. The molecule has 0 saturated carbocycles. The van der Waals surface area contributed by atoms with Crippen LogP contribution in [-0.4, -0.2) is 29.9 Å². The average molecular weight is 376 g/mol. The lowest BCUT2D eigenvalue weighted by Gasteiger charge is -2.35. The number of likely N-dealkylation sites (tertiary alicyclic amines) is 1. The molecule has 1 amide bonds. The van der Waals surface area contributed by atoms with Gasteiger partial charge >= 0.3 is 0 Å². The molecule has 3 atom stereocenters. The lowest BCUT2D eigenvalue weighted by atomic mass is 9.77. The van der Waals surface area contributed by atoms with E-state index in [0.717, 1.165) is 45.2 Å². The summed E-state index contributed by atoms with van der Waals surface area (Å²) in [4.78, 5) is 15.4. The summed E-state index contributed by atoms with van der Waals surface area (Å²) in [6.07, 6.45) is 5.50. The first-order chi connectivity index (χ1) is 13.8. The number of hydrogen-bond donors (Lipinski definition) is 2. The zero-order valence-electron chi connectivity index (χ0n) is 16.3. The van der Waals surface area contributed by atoms with Crippen LogP contribution in [0.4, 0.5) is 0 Å². The van der Waals surface area contributed by atoms with Crippen LogP contribution in [0.25, 0.3) is 0 Å². The van der Waals surface area contributed by atoms with Gasteiger partial charge in [-0.3, -0.25) is 4.79 Å². The molecule has 0 radical (unpaired) electrons. The predicted molar refractivity (Wildman–Crippen MR) is 111 cm³/mol. The number of hydrazine groups is 1. The highest BCUT2D eigenvalue weighted by Crippen LogP contribution is 2.39. The summed E-state index contributed by atoms with van der Waals surface area (Å²) >= 11 is 0. The summed E-state index contributed by atoms with van der Waals surface area (Å²) in [5, 5.41) is 0. The fraction of sp³-hybridized carbons (Fsp3) is 0.458. The van der Waals surface area contributed by atoms with Crippen LogP contribution >= 0.6 is 0 Å². The maximum Gasteiger partial charge on any atom is 0.241 e. The number of aryl methyl sites for hydroxylation is 1. The third-order valence-electron chi connectivity index (χ3n) is 6.95. The number of carbonyl (C=O) groups excluding carboxylic acids is 1. The topological polar surface area (TPSA) is 44.4 Å². The first-order valence-corrected chi connectivity index (χ1v) is 10.7. The van der Waals surface area contributed by atoms with Crippen molar-refractivity contribution in [3.05, 3.63) is 71.3 Å². The molecule has 3 unspecified atom stereocenters. The van der Waals surface area contributed by atoms with Crippen molar-refractivity contribution in [3.63, 3.8) is 0 Å². The second-order valence-electron chi connectivity index (χ2n) is 8.60. The van der Waals surface area contributed by atoms with E-state index >= 15 is 0 Å². The lowest BCUT2D eigenvalue weighted by Crippen LogP contribution is -2.50.